The normalized spacial score (nSPS) is 15.7. The molecule has 0 aromatic heterocycles. The molecule has 434 valence electrons. The van der Waals surface area contributed by atoms with Crippen LogP contribution in [-0.2, 0) is 23.9 Å². The minimum absolute atomic E-state index is 0.712. The Balaban J connectivity index is 5.47. The molecule has 0 bridgehead atoms. The Hall–Kier alpha value is -3.48. The average molecular weight is 1180 g/mol. The lowest BCUT2D eigenvalue weighted by atomic mass is 9.88. The number of esters is 2. The number of halogens is 35. The fourth-order valence-corrected chi connectivity index (χ4v) is 5.18. The first kappa shape index (κ1) is 69.5. The lowest BCUT2D eigenvalue weighted by Gasteiger charge is -2.42. The Labute approximate surface area is 387 Å². The van der Waals surface area contributed by atoms with E-state index < -0.39 is 195 Å². The molecule has 0 spiro atoms. The van der Waals surface area contributed by atoms with Crippen molar-refractivity contribution in [3.05, 3.63) is 0 Å². The third-order valence-corrected chi connectivity index (χ3v) is 10.4. The van der Waals surface area contributed by atoms with Crippen molar-refractivity contribution in [2.75, 3.05) is 13.2 Å². The van der Waals surface area contributed by atoms with Crippen LogP contribution in [0, 0.1) is 5.41 Å². The van der Waals surface area contributed by atoms with Crippen LogP contribution in [0.15, 0.2) is 0 Å². The second-order valence-corrected chi connectivity index (χ2v) is 15.9. The van der Waals surface area contributed by atoms with Crippen molar-refractivity contribution in [1.29, 1.82) is 0 Å². The van der Waals surface area contributed by atoms with Gasteiger partial charge in [-0.25, -0.2) is 0 Å². The van der Waals surface area contributed by atoms with Gasteiger partial charge in [0.05, 0.1) is 0 Å². The first-order chi connectivity index (χ1) is 31.6. The average Bonchev–Trinajstić information content (AvgIpc) is 3.19. The van der Waals surface area contributed by atoms with E-state index in [0.29, 0.717) is 6.92 Å². The molecule has 0 aliphatic rings. The fourth-order valence-electron chi connectivity index (χ4n) is 5.07. The Morgan fingerprint density at radius 2 is 0.521 bits per heavy atom. The van der Waals surface area contributed by atoms with Crippen LogP contribution in [0.5, 0.6) is 0 Å². The van der Waals surface area contributed by atoms with Gasteiger partial charge in [0, 0.05) is 25.7 Å². The molecule has 0 amide bonds. The summed E-state index contributed by atoms with van der Waals surface area (Å²) < 4.78 is 465. The molecule has 0 unspecified atom stereocenters. The number of ether oxygens (including phenoxy) is 2. The first-order valence-corrected chi connectivity index (χ1v) is 19.0. The predicted molar refractivity (Wildman–Crippen MR) is 168 cm³/mol. The fraction of sp³-hybridized carbons (Fsp3) is 0.909. The van der Waals surface area contributed by atoms with E-state index in [4.69, 9.17) is 11.6 Å². The zero-order chi connectivity index (χ0) is 59.1. The first-order valence-electron chi connectivity index (χ1n) is 18.6. The second-order valence-electron chi connectivity index (χ2n) is 15.6. The molecule has 73 heavy (non-hydrogen) atoms. The zero-order valence-corrected chi connectivity index (χ0v) is 35.5. The van der Waals surface area contributed by atoms with Crippen molar-refractivity contribution < 1.29 is 173 Å². The summed E-state index contributed by atoms with van der Waals surface area (Å²) in [6.07, 6.45) is -31.0. The third-order valence-electron chi connectivity index (χ3n) is 9.90. The molecule has 0 heterocycles. The number of hydrogen-bond acceptors (Lipinski definition) is 5. The second kappa shape index (κ2) is 21.2. The molecule has 5 nitrogen and oxygen atoms in total. The van der Waals surface area contributed by atoms with Gasteiger partial charge in [0.2, 0.25) is 5.24 Å². The van der Waals surface area contributed by atoms with Gasteiger partial charge in [-0.1, -0.05) is 12.8 Å². The Morgan fingerprint density at radius 1 is 0.315 bits per heavy atom. The van der Waals surface area contributed by atoms with E-state index in [1.54, 1.807) is 0 Å². The van der Waals surface area contributed by atoms with Crippen molar-refractivity contribution in [1.82, 2.24) is 0 Å². The van der Waals surface area contributed by atoms with Gasteiger partial charge in [0.15, 0.2) is 0 Å². The maximum absolute atomic E-state index is 14.1. The van der Waals surface area contributed by atoms with E-state index in [9.17, 15) is 164 Å². The molecule has 0 radical (unpaired) electrons. The van der Waals surface area contributed by atoms with E-state index in [0.717, 1.165) is 0 Å². The summed E-state index contributed by atoms with van der Waals surface area (Å²) in [5.41, 5.74) is -2.35. The van der Waals surface area contributed by atoms with Crippen LogP contribution in [0.3, 0.4) is 0 Å². The van der Waals surface area contributed by atoms with Crippen molar-refractivity contribution in [2.45, 2.75) is 166 Å². The molecule has 0 aliphatic carbocycles. The summed E-state index contributed by atoms with van der Waals surface area (Å²) in [7, 11) is 0. The Bertz CT molecular complexity index is 1780. The lowest BCUT2D eigenvalue weighted by Crippen LogP contribution is -2.74. The summed E-state index contributed by atoms with van der Waals surface area (Å²) in [4.78, 5) is 35.9. The number of alkyl halides is 34. The van der Waals surface area contributed by atoms with E-state index in [1.807, 2.05) is 0 Å². The van der Waals surface area contributed by atoms with Gasteiger partial charge in [-0.15, -0.1) is 0 Å². The molecule has 0 fully saturated rings. The molecule has 40 heteroatoms. The maximum Gasteiger partial charge on any atom is 0.460 e. The van der Waals surface area contributed by atoms with Gasteiger partial charge in [0.1, 0.15) is 18.6 Å². The van der Waals surface area contributed by atoms with Crippen LogP contribution < -0.4 is 0 Å². The summed E-state index contributed by atoms with van der Waals surface area (Å²) in [6.45, 7) is -1.83. The molecular formula is C33H27ClF34O5. The molecular weight excluding hydrogens is 1160 g/mol. The third kappa shape index (κ3) is 12.1. The Kier molecular flexibility index (Phi) is 20.1. The zero-order valence-electron chi connectivity index (χ0n) is 34.8. The number of carbonyl (C=O) groups excluding carboxylic acids is 3. The highest BCUT2D eigenvalue weighted by molar-refractivity contribution is 6.64. The number of rotatable bonds is 29. The standard InChI is InChI=1S/C33H27ClF34O5/c1-17(16(34)71,12-72-14(69)8-4-2-6-10-18(35,36)20(39,40)22(43,44)24(47,48)26(51,52)28(55,56)30(59,60)32(63,64)65)13-73-15(70)9-5-3-7-11-19(37,38)21(41,42)23(45,46)25(49,50)27(53,54)29(57,58)31(61,62)33(66,67)68/h2-13H2,1H3. The Morgan fingerprint density at radius 3 is 0.726 bits per heavy atom. The summed E-state index contributed by atoms with van der Waals surface area (Å²) in [5, 5.41) is -1.57. The molecule has 0 N–H and O–H groups in total. The monoisotopic (exact) mass is 1180 g/mol. The van der Waals surface area contributed by atoms with E-state index in [2.05, 4.69) is 9.47 Å². The van der Waals surface area contributed by atoms with Gasteiger partial charge in [-0.2, -0.15) is 149 Å². The van der Waals surface area contributed by atoms with Crippen LogP contribution in [0.1, 0.15) is 71.1 Å². The predicted octanol–water partition coefficient (Wildman–Crippen LogP) is 14.8. The summed E-state index contributed by atoms with van der Waals surface area (Å²) in [6, 6.07) is 0. The van der Waals surface area contributed by atoms with Crippen molar-refractivity contribution in [3.63, 3.8) is 0 Å². The van der Waals surface area contributed by atoms with Crippen molar-refractivity contribution in [2.24, 2.45) is 5.41 Å². The van der Waals surface area contributed by atoms with Crippen LogP contribution in [0.4, 0.5) is 149 Å². The molecule has 0 atom stereocenters. The van der Waals surface area contributed by atoms with Gasteiger partial charge < -0.3 is 9.47 Å². The summed E-state index contributed by atoms with van der Waals surface area (Å²) >= 11 is 5.29. The highest BCUT2D eigenvalue weighted by Crippen LogP contribution is 2.66. The van der Waals surface area contributed by atoms with Gasteiger partial charge in [-0.05, 0) is 44.2 Å². The van der Waals surface area contributed by atoms with Gasteiger partial charge >= 0.3 is 107 Å². The highest BCUT2D eigenvalue weighted by Gasteiger charge is 2.97. The molecule has 0 aliphatic heterocycles. The number of hydrogen-bond donors (Lipinski definition) is 0. The summed E-state index contributed by atoms with van der Waals surface area (Å²) in [5.74, 6) is -119. The molecule has 0 aromatic carbocycles. The largest absolute Gasteiger partial charge is 0.464 e. The van der Waals surface area contributed by atoms with Crippen LogP contribution >= 0.6 is 11.6 Å². The quantitative estimate of drug-likeness (QED) is 0.0323. The van der Waals surface area contributed by atoms with E-state index in [1.165, 1.54) is 0 Å². The van der Waals surface area contributed by atoms with E-state index in [-0.39, 0.29) is 0 Å². The topological polar surface area (TPSA) is 69.7 Å². The van der Waals surface area contributed by atoms with Gasteiger partial charge in [0.25, 0.3) is 0 Å². The smallest absolute Gasteiger partial charge is 0.460 e. The lowest BCUT2D eigenvalue weighted by molar-refractivity contribution is -0.461. The molecule has 0 aromatic rings. The van der Waals surface area contributed by atoms with Crippen molar-refractivity contribution >= 4 is 28.8 Å². The molecule has 0 rings (SSSR count). The SMILES string of the molecule is CC(COC(=O)CCCCCC(F)(F)C(F)(F)C(F)(F)C(F)(F)C(F)(F)C(F)(F)C(F)(F)C(F)(F)F)(COC(=O)CCCCCC(F)(F)C(F)(F)C(F)(F)C(F)(F)C(F)(F)C(F)(F)C(F)(F)C(F)(F)F)C(=O)Cl. The van der Waals surface area contributed by atoms with E-state index >= 15 is 0 Å². The molecule has 0 saturated carbocycles. The van der Waals surface area contributed by atoms with Crippen LogP contribution in [0.2, 0.25) is 0 Å². The van der Waals surface area contributed by atoms with Gasteiger partial charge in [-0.3, -0.25) is 14.4 Å². The maximum atomic E-state index is 14.1. The highest BCUT2D eigenvalue weighted by atomic mass is 35.5. The van der Waals surface area contributed by atoms with Crippen LogP contribution in [0.25, 0.3) is 0 Å². The minimum Gasteiger partial charge on any atom is -0.464 e. The number of unbranched alkanes of at least 4 members (excludes halogenated alkanes) is 4. The van der Waals surface area contributed by atoms with Crippen LogP contribution in [-0.4, -0.2) is 126 Å². The number of carbonyl (C=O) groups is 3. The van der Waals surface area contributed by atoms with Crippen molar-refractivity contribution in [3.8, 4) is 0 Å². The molecule has 0 saturated heterocycles. The minimum atomic E-state index is -8.84.